The maximum atomic E-state index is 13.4. The highest BCUT2D eigenvalue weighted by Gasteiger charge is 2.36. The lowest BCUT2D eigenvalue weighted by Crippen LogP contribution is -2.42. The third kappa shape index (κ3) is 2.38. The van der Waals surface area contributed by atoms with Crippen LogP contribution in [0.5, 0.6) is 0 Å². The molecule has 98 valence electrons. The molecule has 2 fully saturated rings. The normalized spacial score (nSPS) is 20.6. The highest BCUT2D eigenvalue weighted by molar-refractivity contribution is 5.47. The molecule has 3 rings (SSSR count). The minimum absolute atomic E-state index is 0.126. The summed E-state index contributed by atoms with van der Waals surface area (Å²) in [5.41, 5.74) is 1.97. The van der Waals surface area contributed by atoms with Gasteiger partial charge in [0.05, 0.1) is 0 Å². The molecule has 1 nitrogen and oxygen atoms in total. The molecule has 0 spiro atoms. The molecule has 0 bridgehead atoms. The van der Waals surface area contributed by atoms with Crippen LogP contribution in [-0.4, -0.2) is 6.04 Å². The van der Waals surface area contributed by atoms with Gasteiger partial charge in [0.25, 0.3) is 0 Å². The zero-order valence-electron chi connectivity index (χ0n) is 11.1. The first kappa shape index (κ1) is 12.0. The van der Waals surface area contributed by atoms with E-state index in [4.69, 9.17) is 0 Å². The Labute approximate surface area is 109 Å². The van der Waals surface area contributed by atoms with Crippen molar-refractivity contribution in [1.82, 2.24) is 0 Å². The minimum Gasteiger partial charge on any atom is -0.382 e. The van der Waals surface area contributed by atoms with E-state index >= 15 is 0 Å². The van der Waals surface area contributed by atoms with Crippen molar-refractivity contribution in [1.29, 1.82) is 0 Å². The van der Waals surface area contributed by atoms with E-state index in [0.717, 1.165) is 23.1 Å². The smallest absolute Gasteiger partial charge is 0.125 e. The quantitative estimate of drug-likeness (QED) is 0.825. The molecule has 1 N–H and O–H groups in total. The predicted molar refractivity (Wildman–Crippen MR) is 73.2 cm³/mol. The molecule has 2 aliphatic rings. The molecular weight excluding hydrogens is 225 g/mol. The van der Waals surface area contributed by atoms with Gasteiger partial charge in [0.1, 0.15) is 5.82 Å². The molecule has 0 unspecified atom stereocenters. The average molecular weight is 247 g/mol. The van der Waals surface area contributed by atoms with Gasteiger partial charge in [-0.25, -0.2) is 4.39 Å². The van der Waals surface area contributed by atoms with E-state index in [-0.39, 0.29) is 5.82 Å². The number of hydrogen-bond acceptors (Lipinski definition) is 1. The molecule has 1 aromatic rings. The van der Waals surface area contributed by atoms with Crippen LogP contribution in [0.3, 0.4) is 0 Å². The Morgan fingerprint density at radius 3 is 2.11 bits per heavy atom. The molecule has 2 saturated carbocycles. The van der Waals surface area contributed by atoms with Crippen LogP contribution in [0.4, 0.5) is 10.1 Å². The molecular formula is C16H22FN. The summed E-state index contributed by atoms with van der Waals surface area (Å²) in [6, 6.07) is 5.87. The Kier molecular flexibility index (Phi) is 3.27. The molecule has 2 aliphatic carbocycles. The van der Waals surface area contributed by atoms with E-state index in [2.05, 4.69) is 11.4 Å². The van der Waals surface area contributed by atoms with Crippen LogP contribution < -0.4 is 5.32 Å². The van der Waals surface area contributed by atoms with Crippen molar-refractivity contribution in [3.05, 3.63) is 29.6 Å². The zero-order chi connectivity index (χ0) is 12.5. The fourth-order valence-electron chi connectivity index (χ4n) is 3.23. The van der Waals surface area contributed by atoms with Crippen LogP contribution in [0.1, 0.15) is 44.1 Å². The molecule has 0 atom stereocenters. The summed E-state index contributed by atoms with van der Waals surface area (Å²) >= 11 is 0. The molecule has 0 aliphatic heterocycles. The first-order chi connectivity index (χ1) is 8.72. The van der Waals surface area contributed by atoms with Gasteiger partial charge in [-0.3, -0.25) is 0 Å². The Hall–Kier alpha value is -1.05. The molecule has 0 heterocycles. The van der Waals surface area contributed by atoms with Crippen molar-refractivity contribution >= 4 is 5.69 Å². The second kappa shape index (κ2) is 4.91. The summed E-state index contributed by atoms with van der Waals surface area (Å²) in [6.07, 6.45) is 8.14. The van der Waals surface area contributed by atoms with Gasteiger partial charge in [-0.1, -0.05) is 12.8 Å². The van der Waals surface area contributed by atoms with E-state index in [1.54, 1.807) is 12.1 Å². The molecule has 2 heteroatoms. The van der Waals surface area contributed by atoms with E-state index in [0.29, 0.717) is 6.04 Å². The topological polar surface area (TPSA) is 12.0 Å². The van der Waals surface area contributed by atoms with Crippen molar-refractivity contribution in [3.8, 4) is 0 Å². The van der Waals surface area contributed by atoms with E-state index in [1.807, 2.05) is 6.92 Å². The molecule has 0 radical (unpaired) electrons. The Morgan fingerprint density at radius 1 is 1.06 bits per heavy atom. The van der Waals surface area contributed by atoms with E-state index in [9.17, 15) is 4.39 Å². The van der Waals surface area contributed by atoms with E-state index < -0.39 is 0 Å². The molecule has 1 aromatic carbocycles. The van der Waals surface area contributed by atoms with Gasteiger partial charge in [0, 0.05) is 11.7 Å². The minimum atomic E-state index is -0.126. The van der Waals surface area contributed by atoms with E-state index in [1.165, 1.54) is 38.5 Å². The van der Waals surface area contributed by atoms with Gasteiger partial charge in [0.15, 0.2) is 0 Å². The number of benzene rings is 1. The number of rotatable bonds is 4. The van der Waals surface area contributed by atoms with Crippen LogP contribution in [0, 0.1) is 24.6 Å². The zero-order valence-corrected chi connectivity index (χ0v) is 11.1. The lowest BCUT2D eigenvalue weighted by atomic mass is 9.68. The number of hydrogen-bond donors (Lipinski definition) is 1. The second-order valence-corrected chi connectivity index (χ2v) is 6.07. The Balaban J connectivity index is 1.74. The highest BCUT2D eigenvalue weighted by atomic mass is 19.1. The lowest BCUT2D eigenvalue weighted by Gasteiger charge is -2.43. The highest BCUT2D eigenvalue weighted by Crippen LogP contribution is 2.41. The van der Waals surface area contributed by atoms with Crippen molar-refractivity contribution in [2.45, 2.75) is 51.5 Å². The predicted octanol–water partition coefficient (Wildman–Crippen LogP) is 4.51. The largest absolute Gasteiger partial charge is 0.382 e. The van der Waals surface area contributed by atoms with Crippen LogP contribution in [0.2, 0.25) is 0 Å². The van der Waals surface area contributed by atoms with Gasteiger partial charge in [-0.05, 0) is 68.2 Å². The maximum Gasteiger partial charge on any atom is 0.125 e. The number of nitrogens with one attached hydrogen (secondary N) is 1. The monoisotopic (exact) mass is 247 g/mol. The molecule has 0 saturated heterocycles. The summed E-state index contributed by atoms with van der Waals surface area (Å²) in [5.74, 6) is 1.51. The Bertz CT molecular complexity index is 387. The Morgan fingerprint density at radius 2 is 1.67 bits per heavy atom. The van der Waals surface area contributed by atoms with Crippen molar-refractivity contribution in [2.24, 2.45) is 11.8 Å². The third-order valence-corrected chi connectivity index (χ3v) is 4.69. The third-order valence-electron chi connectivity index (χ3n) is 4.69. The summed E-state index contributed by atoms with van der Waals surface area (Å²) in [7, 11) is 0. The van der Waals surface area contributed by atoms with Gasteiger partial charge in [-0.15, -0.1) is 0 Å². The SMILES string of the molecule is Cc1cc(F)cc(NC(C2CCC2)C2CCC2)c1. The summed E-state index contributed by atoms with van der Waals surface area (Å²) in [6.45, 7) is 1.95. The fourth-order valence-corrected chi connectivity index (χ4v) is 3.23. The van der Waals surface area contributed by atoms with Gasteiger partial charge < -0.3 is 5.32 Å². The summed E-state index contributed by atoms with van der Waals surface area (Å²) in [5, 5.41) is 3.62. The van der Waals surface area contributed by atoms with Crippen LogP contribution in [-0.2, 0) is 0 Å². The molecule has 18 heavy (non-hydrogen) atoms. The van der Waals surface area contributed by atoms with Gasteiger partial charge in [-0.2, -0.15) is 0 Å². The molecule has 0 aromatic heterocycles. The second-order valence-electron chi connectivity index (χ2n) is 6.07. The first-order valence-electron chi connectivity index (χ1n) is 7.26. The lowest BCUT2D eigenvalue weighted by molar-refractivity contribution is 0.166. The summed E-state index contributed by atoms with van der Waals surface area (Å²) < 4.78 is 13.4. The van der Waals surface area contributed by atoms with Gasteiger partial charge >= 0.3 is 0 Å². The fraction of sp³-hybridized carbons (Fsp3) is 0.625. The van der Waals surface area contributed by atoms with Crippen LogP contribution in [0.15, 0.2) is 18.2 Å². The first-order valence-corrected chi connectivity index (χ1v) is 7.26. The summed E-state index contributed by atoms with van der Waals surface area (Å²) in [4.78, 5) is 0. The van der Waals surface area contributed by atoms with Crippen molar-refractivity contribution < 1.29 is 4.39 Å². The number of anilines is 1. The van der Waals surface area contributed by atoms with Gasteiger partial charge in [0.2, 0.25) is 0 Å². The van der Waals surface area contributed by atoms with Crippen LogP contribution >= 0.6 is 0 Å². The van der Waals surface area contributed by atoms with Crippen LogP contribution in [0.25, 0.3) is 0 Å². The number of aryl methyl sites for hydroxylation is 1. The average Bonchev–Trinajstić information content (AvgIpc) is 2.09. The standard InChI is InChI=1S/C16H22FN/c1-11-8-14(17)10-15(9-11)18-16(12-4-2-5-12)13-6-3-7-13/h8-10,12-13,16,18H,2-7H2,1H3. The molecule has 0 amide bonds. The van der Waals surface area contributed by atoms with Crippen molar-refractivity contribution in [2.75, 3.05) is 5.32 Å². The maximum absolute atomic E-state index is 13.4. The number of halogens is 1. The van der Waals surface area contributed by atoms with Crippen molar-refractivity contribution in [3.63, 3.8) is 0 Å².